The fourth-order valence-electron chi connectivity index (χ4n) is 2.16. The molecule has 5 heteroatoms. The van der Waals surface area contributed by atoms with Crippen LogP contribution in [0.4, 0.5) is 11.6 Å². The summed E-state index contributed by atoms with van der Waals surface area (Å²) in [5, 5.41) is 3.38. The number of nitrogens with two attached hydrogens (primary N) is 1. The molecule has 0 spiro atoms. The molecule has 1 aromatic heterocycles. The number of hydrogen-bond donors (Lipinski definition) is 2. The molecule has 1 fully saturated rings. The van der Waals surface area contributed by atoms with Gasteiger partial charge in [0.15, 0.2) is 0 Å². The molecular weight excluding hydrogens is 238 g/mol. The van der Waals surface area contributed by atoms with Gasteiger partial charge in [-0.3, -0.25) is 0 Å². The lowest BCUT2D eigenvalue weighted by atomic mass is 9.92. The molecule has 0 saturated heterocycles. The van der Waals surface area contributed by atoms with Crippen molar-refractivity contribution >= 4 is 11.6 Å². The van der Waals surface area contributed by atoms with E-state index in [1.54, 1.807) is 0 Å². The maximum absolute atomic E-state index is 5.75. The van der Waals surface area contributed by atoms with Gasteiger partial charge >= 0.3 is 0 Å². The van der Waals surface area contributed by atoms with Crippen LogP contribution in [-0.2, 0) is 0 Å². The van der Waals surface area contributed by atoms with E-state index in [9.17, 15) is 0 Å². The number of aromatic nitrogens is 2. The first-order chi connectivity index (χ1) is 8.91. The Balaban J connectivity index is 2.19. The van der Waals surface area contributed by atoms with Crippen molar-refractivity contribution in [3.05, 3.63) is 11.9 Å². The number of rotatable bonds is 5. The summed E-state index contributed by atoms with van der Waals surface area (Å²) in [6.45, 7) is 6.63. The summed E-state index contributed by atoms with van der Waals surface area (Å²) >= 11 is 0. The van der Waals surface area contributed by atoms with Gasteiger partial charge in [0.2, 0.25) is 0 Å². The van der Waals surface area contributed by atoms with Gasteiger partial charge < -0.3 is 16.0 Å². The lowest BCUT2D eigenvalue weighted by Gasteiger charge is -2.36. The zero-order chi connectivity index (χ0) is 14.0. The van der Waals surface area contributed by atoms with Gasteiger partial charge in [-0.15, -0.1) is 0 Å². The Bertz CT molecular complexity index is 439. The third-order valence-corrected chi connectivity index (χ3v) is 3.78. The van der Waals surface area contributed by atoms with Gasteiger partial charge in [0.1, 0.15) is 17.5 Å². The fourth-order valence-corrected chi connectivity index (χ4v) is 2.16. The summed E-state index contributed by atoms with van der Waals surface area (Å²) in [6, 6.07) is 2.65. The van der Waals surface area contributed by atoms with Crippen molar-refractivity contribution in [1.82, 2.24) is 9.97 Å². The van der Waals surface area contributed by atoms with Gasteiger partial charge in [0, 0.05) is 31.2 Å². The second-order valence-electron chi connectivity index (χ2n) is 6.07. The quantitative estimate of drug-likeness (QED) is 0.849. The lowest BCUT2D eigenvalue weighted by molar-refractivity contribution is 0.399. The normalized spacial score (nSPS) is 16.1. The summed E-state index contributed by atoms with van der Waals surface area (Å²) in [6.07, 6.45) is 3.84. The van der Waals surface area contributed by atoms with Crippen LogP contribution in [0.15, 0.2) is 6.07 Å². The summed E-state index contributed by atoms with van der Waals surface area (Å²) < 4.78 is 0. The van der Waals surface area contributed by atoms with Crippen LogP contribution in [0.25, 0.3) is 0 Å². The molecule has 3 N–H and O–H groups in total. The van der Waals surface area contributed by atoms with Crippen LogP contribution in [0, 0.1) is 6.92 Å². The van der Waals surface area contributed by atoms with Crippen molar-refractivity contribution in [2.45, 2.75) is 51.6 Å². The molecule has 1 aliphatic rings. The molecule has 0 unspecified atom stereocenters. The molecule has 19 heavy (non-hydrogen) atoms. The van der Waals surface area contributed by atoms with Crippen LogP contribution in [0.2, 0.25) is 0 Å². The average molecular weight is 263 g/mol. The fraction of sp³-hybridized carbons (Fsp3) is 0.714. The van der Waals surface area contributed by atoms with Crippen LogP contribution >= 0.6 is 0 Å². The number of anilines is 2. The number of hydrogen-bond acceptors (Lipinski definition) is 5. The highest BCUT2D eigenvalue weighted by Crippen LogP contribution is 2.28. The molecule has 1 saturated carbocycles. The van der Waals surface area contributed by atoms with E-state index < -0.39 is 0 Å². The molecular formula is C14H25N5. The van der Waals surface area contributed by atoms with Crippen LogP contribution in [0.5, 0.6) is 0 Å². The van der Waals surface area contributed by atoms with Crippen molar-refractivity contribution in [1.29, 1.82) is 0 Å². The number of nitrogens with one attached hydrogen (secondary N) is 1. The number of nitrogens with zero attached hydrogens (tertiary/aromatic N) is 3. The maximum Gasteiger partial charge on any atom is 0.134 e. The SMILES string of the molecule is Cc1nc(NC(C)(C)CN)cc(N(C)C2CCC2)n1. The second kappa shape index (κ2) is 5.33. The van der Waals surface area contributed by atoms with Gasteiger partial charge in [0.05, 0.1) is 0 Å². The Kier molecular flexibility index (Phi) is 3.94. The van der Waals surface area contributed by atoms with Crippen molar-refractivity contribution < 1.29 is 0 Å². The molecule has 106 valence electrons. The van der Waals surface area contributed by atoms with Crippen molar-refractivity contribution in [3.8, 4) is 0 Å². The van der Waals surface area contributed by atoms with E-state index >= 15 is 0 Å². The van der Waals surface area contributed by atoms with E-state index in [0.29, 0.717) is 12.6 Å². The molecule has 1 heterocycles. The Hall–Kier alpha value is -1.36. The third kappa shape index (κ3) is 3.35. The van der Waals surface area contributed by atoms with Crippen LogP contribution in [0.1, 0.15) is 38.9 Å². The monoisotopic (exact) mass is 263 g/mol. The van der Waals surface area contributed by atoms with Crippen molar-refractivity contribution in [2.24, 2.45) is 5.73 Å². The van der Waals surface area contributed by atoms with Crippen LogP contribution in [0.3, 0.4) is 0 Å². The highest BCUT2D eigenvalue weighted by molar-refractivity contribution is 5.51. The van der Waals surface area contributed by atoms with E-state index in [4.69, 9.17) is 5.73 Å². The van der Waals surface area contributed by atoms with Crippen LogP contribution < -0.4 is 16.0 Å². The summed E-state index contributed by atoms with van der Waals surface area (Å²) in [5.74, 6) is 2.63. The Morgan fingerprint density at radius 2 is 2.11 bits per heavy atom. The average Bonchev–Trinajstić information content (AvgIpc) is 2.25. The minimum atomic E-state index is -0.160. The Labute approximate surface area is 115 Å². The Morgan fingerprint density at radius 1 is 1.42 bits per heavy atom. The first kappa shape index (κ1) is 14.1. The van der Waals surface area contributed by atoms with Gasteiger partial charge in [-0.25, -0.2) is 9.97 Å². The van der Waals surface area contributed by atoms with Gasteiger partial charge in [0.25, 0.3) is 0 Å². The van der Waals surface area contributed by atoms with E-state index in [1.165, 1.54) is 19.3 Å². The largest absolute Gasteiger partial charge is 0.364 e. The first-order valence-electron chi connectivity index (χ1n) is 6.98. The highest BCUT2D eigenvalue weighted by atomic mass is 15.2. The molecule has 0 radical (unpaired) electrons. The molecule has 2 rings (SSSR count). The van der Waals surface area contributed by atoms with Gasteiger partial charge in [-0.2, -0.15) is 0 Å². The van der Waals surface area contributed by atoms with E-state index in [2.05, 4.69) is 41.1 Å². The summed E-state index contributed by atoms with van der Waals surface area (Å²) in [5.41, 5.74) is 5.59. The lowest BCUT2D eigenvalue weighted by Crippen LogP contribution is -2.40. The highest BCUT2D eigenvalue weighted by Gasteiger charge is 2.24. The predicted octanol–water partition coefficient (Wildman–Crippen LogP) is 1.92. The van der Waals surface area contributed by atoms with Crippen LogP contribution in [-0.4, -0.2) is 35.1 Å². The van der Waals surface area contributed by atoms with E-state index in [-0.39, 0.29) is 5.54 Å². The standard InChI is InChI=1S/C14H25N5/c1-10-16-12(18-14(2,3)9-15)8-13(17-10)19(4)11-6-5-7-11/h8,11H,5-7,9,15H2,1-4H3,(H,16,17,18). The zero-order valence-corrected chi connectivity index (χ0v) is 12.4. The summed E-state index contributed by atoms with van der Waals surface area (Å²) in [4.78, 5) is 11.2. The molecule has 5 nitrogen and oxygen atoms in total. The molecule has 0 amide bonds. The predicted molar refractivity (Wildman–Crippen MR) is 79.6 cm³/mol. The van der Waals surface area contributed by atoms with E-state index in [1.807, 2.05) is 13.0 Å². The first-order valence-corrected chi connectivity index (χ1v) is 6.98. The van der Waals surface area contributed by atoms with Gasteiger partial charge in [-0.05, 0) is 40.0 Å². The van der Waals surface area contributed by atoms with E-state index in [0.717, 1.165) is 17.5 Å². The molecule has 1 aliphatic carbocycles. The molecule has 0 bridgehead atoms. The number of aryl methyl sites for hydroxylation is 1. The second-order valence-corrected chi connectivity index (χ2v) is 6.07. The smallest absolute Gasteiger partial charge is 0.134 e. The topological polar surface area (TPSA) is 67.1 Å². The Morgan fingerprint density at radius 3 is 2.63 bits per heavy atom. The molecule has 0 aromatic carbocycles. The molecule has 0 atom stereocenters. The maximum atomic E-state index is 5.75. The molecule has 0 aliphatic heterocycles. The minimum Gasteiger partial charge on any atom is -0.364 e. The van der Waals surface area contributed by atoms with Gasteiger partial charge in [-0.1, -0.05) is 0 Å². The third-order valence-electron chi connectivity index (χ3n) is 3.78. The molecule has 1 aromatic rings. The van der Waals surface area contributed by atoms with Crippen molar-refractivity contribution in [2.75, 3.05) is 23.8 Å². The zero-order valence-electron chi connectivity index (χ0n) is 12.4. The van der Waals surface area contributed by atoms with Crippen molar-refractivity contribution in [3.63, 3.8) is 0 Å². The minimum absolute atomic E-state index is 0.160. The summed E-state index contributed by atoms with van der Waals surface area (Å²) in [7, 11) is 2.11.